The second-order valence-corrected chi connectivity index (χ2v) is 4.01. The summed E-state index contributed by atoms with van der Waals surface area (Å²) in [5, 5.41) is 18.0. The van der Waals surface area contributed by atoms with Crippen molar-refractivity contribution in [2.45, 2.75) is 0 Å². The molecule has 0 saturated carbocycles. The lowest BCUT2D eigenvalue weighted by atomic mass is 10.2. The molecule has 0 radical (unpaired) electrons. The van der Waals surface area contributed by atoms with Gasteiger partial charge in [-0.1, -0.05) is 0 Å². The molecule has 1 heterocycles. The topological polar surface area (TPSA) is 118 Å². The standard InChI is InChI=1S/C14H11N3O4/c1-20-12-4-8(6-15)2-3-11(12)21-13-10(14(18)19)5-9(16)7-17-13/h2-5,7H,16H2,1H3,(H,18,19). The van der Waals surface area contributed by atoms with Gasteiger partial charge in [0.25, 0.3) is 0 Å². The van der Waals surface area contributed by atoms with Crippen molar-refractivity contribution in [2.24, 2.45) is 0 Å². The van der Waals surface area contributed by atoms with E-state index in [0.717, 1.165) is 0 Å². The van der Waals surface area contributed by atoms with Gasteiger partial charge in [-0.15, -0.1) is 0 Å². The molecule has 0 saturated heterocycles. The summed E-state index contributed by atoms with van der Waals surface area (Å²) in [5.74, 6) is -0.780. The number of rotatable bonds is 4. The summed E-state index contributed by atoms with van der Waals surface area (Å²) >= 11 is 0. The number of hydrogen-bond donors (Lipinski definition) is 2. The summed E-state index contributed by atoms with van der Waals surface area (Å²) in [6.45, 7) is 0. The molecule has 3 N–H and O–H groups in total. The number of nitrogen functional groups attached to an aromatic ring is 1. The number of carboxylic acid groups (broad SMARTS) is 1. The number of carbonyl (C=O) groups is 1. The van der Waals surface area contributed by atoms with Gasteiger partial charge in [0.05, 0.1) is 30.6 Å². The summed E-state index contributed by atoms with van der Waals surface area (Å²) in [6.07, 6.45) is 1.29. The van der Waals surface area contributed by atoms with Gasteiger partial charge in [0.2, 0.25) is 5.88 Å². The van der Waals surface area contributed by atoms with E-state index < -0.39 is 5.97 Å². The number of ether oxygens (including phenoxy) is 2. The Balaban J connectivity index is 2.43. The van der Waals surface area contributed by atoms with Gasteiger partial charge in [0.1, 0.15) is 5.56 Å². The third kappa shape index (κ3) is 3.01. The van der Waals surface area contributed by atoms with Crippen molar-refractivity contribution in [3.63, 3.8) is 0 Å². The van der Waals surface area contributed by atoms with Crippen molar-refractivity contribution >= 4 is 11.7 Å². The molecule has 21 heavy (non-hydrogen) atoms. The SMILES string of the molecule is COc1cc(C#N)ccc1Oc1ncc(N)cc1C(=O)O. The molecule has 0 aliphatic rings. The Hall–Kier alpha value is -3.27. The molecule has 106 valence electrons. The first kappa shape index (κ1) is 14.1. The maximum atomic E-state index is 11.2. The van der Waals surface area contributed by atoms with Crippen molar-refractivity contribution in [3.05, 3.63) is 41.6 Å². The van der Waals surface area contributed by atoms with Crippen molar-refractivity contribution in [1.82, 2.24) is 4.98 Å². The quantitative estimate of drug-likeness (QED) is 0.882. The van der Waals surface area contributed by atoms with Gasteiger partial charge in [-0.3, -0.25) is 0 Å². The van der Waals surface area contributed by atoms with Gasteiger partial charge < -0.3 is 20.3 Å². The number of pyridine rings is 1. The van der Waals surface area contributed by atoms with E-state index in [1.54, 1.807) is 0 Å². The van der Waals surface area contributed by atoms with Crippen LogP contribution in [-0.4, -0.2) is 23.2 Å². The maximum absolute atomic E-state index is 11.2. The van der Waals surface area contributed by atoms with Crippen molar-refractivity contribution < 1.29 is 19.4 Å². The minimum atomic E-state index is -1.21. The summed E-state index contributed by atoms with van der Waals surface area (Å²) in [5.41, 5.74) is 5.95. The molecule has 0 fully saturated rings. The fourth-order valence-corrected chi connectivity index (χ4v) is 1.63. The molecule has 0 unspecified atom stereocenters. The zero-order chi connectivity index (χ0) is 15.4. The van der Waals surface area contributed by atoms with E-state index in [9.17, 15) is 4.79 Å². The Morgan fingerprint density at radius 2 is 2.14 bits per heavy atom. The van der Waals surface area contributed by atoms with Gasteiger partial charge in [0.15, 0.2) is 11.5 Å². The van der Waals surface area contributed by atoms with Crippen LogP contribution in [0.15, 0.2) is 30.5 Å². The largest absolute Gasteiger partial charge is 0.493 e. The Kier molecular flexibility index (Phi) is 3.90. The summed E-state index contributed by atoms with van der Waals surface area (Å²) in [7, 11) is 1.41. The third-order valence-electron chi connectivity index (χ3n) is 2.60. The van der Waals surface area contributed by atoms with E-state index in [1.807, 2.05) is 6.07 Å². The highest BCUT2D eigenvalue weighted by Gasteiger charge is 2.16. The molecular weight excluding hydrogens is 274 g/mol. The van der Waals surface area contributed by atoms with Gasteiger partial charge in [-0.2, -0.15) is 5.26 Å². The van der Waals surface area contributed by atoms with E-state index in [0.29, 0.717) is 11.3 Å². The lowest BCUT2D eigenvalue weighted by Crippen LogP contribution is -2.04. The number of hydrogen-bond acceptors (Lipinski definition) is 6. The predicted octanol–water partition coefficient (Wildman–Crippen LogP) is 2.03. The van der Waals surface area contributed by atoms with Crippen LogP contribution in [0.3, 0.4) is 0 Å². The number of aromatic nitrogens is 1. The van der Waals surface area contributed by atoms with Crippen LogP contribution < -0.4 is 15.2 Å². The lowest BCUT2D eigenvalue weighted by Gasteiger charge is -2.11. The van der Waals surface area contributed by atoms with Crippen LogP contribution in [0.2, 0.25) is 0 Å². The Labute approximate surface area is 120 Å². The van der Waals surface area contributed by atoms with Gasteiger partial charge in [-0.05, 0) is 18.2 Å². The van der Waals surface area contributed by atoms with Crippen molar-refractivity contribution in [2.75, 3.05) is 12.8 Å². The second-order valence-electron chi connectivity index (χ2n) is 4.01. The highest BCUT2D eigenvalue weighted by molar-refractivity contribution is 5.91. The van der Waals surface area contributed by atoms with Crippen LogP contribution >= 0.6 is 0 Å². The molecule has 0 aliphatic carbocycles. The van der Waals surface area contributed by atoms with Crippen LogP contribution in [0.4, 0.5) is 5.69 Å². The predicted molar refractivity (Wildman–Crippen MR) is 73.4 cm³/mol. The van der Waals surface area contributed by atoms with Crippen LogP contribution in [0.5, 0.6) is 17.4 Å². The highest BCUT2D eigenvalue weighted by atomic mass is 16.5. The summed E-state index contributed by atoms with van der Waals surface area (Å²) in [4.78, 5) is 15.0. The minimum absolute atomic E-state index is 0.111. The molecule has 0 amide bonds. The Bertz CT molecular complexity index is 737. The maximum Gasteiger partial charge on any atom is 0.341 e. The lowest BCUT2D eigenvalue weighted by molar-refractivity contribution is 0.0693. The number of anilines is 1. The second kappa shape index (κ2) is 5.79. The molecular formula is C14H11N3O4. The monoisotopic (exact) mass is 285 g/mol. The highest BCUT2D eigenvalue weighted by Crippen LogP contribution is 2.33. The molecule has 1 aromatic carbocycles. The molecule has 2 aromatic rings. The smallest absolute Gasteiger partial charge is 0.341 e. The first-order chi connectivity index (χ1) is 10.0. The van der Waals surface area contributed by atoms with E-state index >= 15 is 0 Å². The van der Waals surface area contributed by atoms with Crippen molar-refractivity contribution in [1.29, 1.82) is 5.26 Å². The molecule has 0 spiro atoms. The van der Waals surface area contributed by atoms with Crippen LogP contribution in [0.1, 0.15) is 15.9 Å². The molecule has 0 atom stereocenters. The van der Waals surface area contributed by atoms with E-state index in [1.165, 1.54) is 37.6 Å². The number of carboxylic acids is 1. The number of nitrogens with two attached hydrogens (primary N) is 1. The Morgan fingerprint density at radius 1 is 1.38 bits per heavy atom. The van der Waals surface area contributed by atoms with Crippen molar-refractivity contribution in [3.8, 4) is 23.4 Å². The number of methoxy groups -OCH3 is 1. The minimum Gasteiger partial charge on any atom is -0.493 e. The van der Waals surface area contributed by atoms with E-state index in [4.69, 9.17) is 25.6 Å². The fraction of sp³-hybridized carbons (Fsp3) is 0.0714. The number of nitrogens with zero attached hydrogens (tertiary/aromatic N) is 2. The number of nitriles is 1. The molecule has 7 heteroatoms. The zero-order valence-corrected chi connectivity index (χ0v) is 11.0. The number of aromatic carboxylic acids is 1. The molecule has 0 bridgehead atoms. The normalized spacial score (nSPS) is 9.71. The average molecular weight is 285 g/mol. The van der Waals surface area contributed by atoms with E-state index in [-0.39, 0.29) is 22.9 Å². The van der Waals surface area contributed by atoms with Gasteiger partial charge in [0, 0.05) is 6.07 Å². The third-order valence-corrected chi connectivity index (χ3v) is 2.60. The van der Waals surface area contributed by atoms with E-state index in [2.05, 4.69) is 4.98 Å². The molecule has 2 rings (SSSR count). The Morgan fingerprint density at radius 3 is 2.76 bits per heavy atom. The zero-order valence-electron chi connectivity index (χ0n) is 11.0. The molecule has 7 nitrogen and oxygen atoms in total. The molecule has 1 aromatic heterocycles. The summed E-state index contributed by atoms with van der Waals surface area (Å²) < 4.78 is 10.6. The first-order valence-electron chi connectivity index (χ1n) is 5.80. The molecule has 0 aliphatic heterocycles. The van der Waals surface area contributed by atoms with Gasteiger partial charge >= 0.3 is 5.97 Å². The summed E-state index contributed by atoms with van der Waals surface area (Å²) in [6, 6.07) is 7.72. The number of benzene rings is 1. The van der Waals surface area contributed by atoms with Crippen LogP contribution in [0.25, 0.3) is 0 Å². The average Bonchev–Trinajstić information content (AvgIpc) is 2.49. The fourth-order valence-electron chi connectivity index (χ4n) is 1.63. The first-order valence-corrected chi connectivity index (χ1v) is 5.80. The van der Waals surface area contributed by atoms with Crippen LogP contribution in [0, 0.1) is 11.3 Å². The van der Waals surface area contributed by atoms with Crippen LogP contribution in [-0.2, 0) is 0 Å². The van der Waals surface area contributed by atoms with Gasteiger partial charge in [-0.25, -0.2) is 9.78 Å².